The smallest absolute Gasteiger partial charge is 0.227 e. The summed E-state index contributed by atoms with van der Waals surface area (Å²) in [7, 11) is -3.25. The number of fused-ring (bicyclic) bond motifs is 2. The Kier molecular flexibility index (Phi) is 5.35. The summed E-state index contributed by atoms with van der Waals surface area (Å²) in [6.45, 7) is 2.71. The average molecular weight is 466 g/mol. The fraction of sp³-hybridized carbons (Fsp3) is 0.250. The molecule has 0 aliphatic carbocycles. The van der Waals surface area contributed by atoms with Crippen LogP contribution in [0.5, 0.6) is 0 Å². The maximum absolute atomic E-state index is 13.0. The minimum Gasteiger partial charge on any atom is -0.345 e. The molecule has 8 heteroatoms. The summed E-state index contributed by atoms with van der Waals surface area (Å²) in [6, 6.07) is 19.3. The van der Waals surface area contributed by atoms with Gasteiger partial charge in [-0.05, 0) is 34.5 Å². The quantitative estimate of drug-likeness (QED) is 0.459. The lowest BCUT2D eigenvalue weighted by Gasteiger charge is -2.34. The molecule has 164 valence electrons. The van der Waals surface area contributed by atoms with Crippen molar-refractivity contribution in [3.05, 3.63) is 66.2 Å². The zero-order valence-electron chi connectivity index (χ0n) is 17.7. The molecule has 0 spiro atoms. The van der Waals surface area contributed by atoms with Crippen LogP contribution in [-0.4, -0.2) is 56.6 Å². The number of nitrogens with zero attached hydrogens (tertiary/aromatic N) is 3. The number of anilines is 1. The van der Waals surface area contributed by atoms with Crippen LogP contribution in [0.2, 0.25) is 0 Å². The molecule has 32 heavy (non-hydrogen) atoms. The van der Waals surface area contributed by atoms with E-state index in [4.69, 9.17) is 0 Å². The largest absolute Gasteiger partial charge is 0.345 e. The van der Waals surface area contributed by atoms with Gasteiger partial charge in [0.2, 0.25) is 5.91 Å². The van der Waals surface area contributed by atoms with Gasteiger partial charge < -0.3 is 9.80 Å². The molecule has 6 nitrogen and oxygen atoms in total. The van der Waals surface area contributed by atoms with Crippen LogP contribution in [0, 0.1) is 0 Å². The fourth-order valence-corrected chi connectivity index (χ4v) is 5.91. The number of rotatable bonds is 4. The van der Waals surface area contributed by atoms with Crippen molar-refractivity contribution >= 4 is 53.2 Å². The van der Waals surface area contributed by atoms with Crippen molar-refractivity contribution in [3.63, 3.8) is 0 Å². The van der Waals surface area contributed by atoms with Crippen molar-refractivity contribution in [1.29, 1.82) is 0 Å². The molecular formula is C24H23N3O3S2. The van der Waals surface area contributed by atoms with Crippen LogP contribution in [-0.2, 0) is 21.1 Å². The normalized spacial score (nSPS) is 14.9. The summed E-state index contributed by atoms with van der Waals surface area (Å²) < 4.78 is 24.5. The third-order valence-electron chi connectivity index (χ3n) is 5.90. The minimum absolute atomic E-state index is 0.142. The van der Waals surface area contributed by atoms with Crippen molar-refractivity contribution in [2.24, 2.45) is 0 Å². The highest BCUT2D eigenvalue weighted by atomic mass is 32.2. The molecule has 0 bridgehead atoms. The van der Waals surface area contributed by atoms with Crippen LogP contribution in [0.15, 0.2) is 65.6 Å². The molecule has 1 aromatic heterocycles. The first-order chi connectivity index (χ1) is 15.4. The van der Waals surface area contributed by atoms with Gasteiger partial charge in [-0.3, -0.25) is 4.79 Å². The number of carbonyl (C=O) groups excluding carboxylic acids is 1. The van der Waals surface area contributed by atoms with Gasteiger partial charge >= 0.3 is 0 Å². The van der Waals surface area contributed by atoms with Gasteiger partial charge in [-0.15, -0.1) is 0 Å². The Labute approximate surface area is 191 Å². The first-order valence-electron chi connectivity index (χ1n) is 10.5. The molecule has 0 saturated carbocycles. The standard InChI is InChI=1S/C24H23N3O3S2/c1-32(29,30)19-9-10-21-22(16-19)31-24(25-21)27-13-11-26(12-14-27)23(28)15-18-7-4-6-17-5-2-3-8-20(17)18/h2-10,16H,11-15H2,1H3. The van der Waals surface area contributed by atoms with Crippen LogP contribution >= 0.6 is 11.3 Å². The van der Waals surface area contributed by atoms with E-state index in [1.54, 1.807) is 18.2 Å². The Morgan fingerprint density at radius 2 is 1.75 bits per heavy atom. The summed E-state index contributed by atoms with van der Waals surface area (Å²) in [5.41, 5.74) is 1.86. The lowest BCUT2D eigenvalue weighted by Crippen LogP contribution is -2.49. The highest BCUT2D eigenvalue weighted by molar-refractivity contribution is 7.90. The highest BCUT2D eigenvalue weighted by Crippen LogP contribution is 2.31. The lowest BCUT2D eigenvalue weighted by atomic mass is 10.0. The third-order valence-corrected chi connectivity index (χ3v) is 8.09. The number of aromatic nitrogens is 1. The van der Waals surface area contributed by atoms with Crippen molar-refractivity contribution in [3.8, 4) is 0 Å². The second kappa shape index (κ2) is 8.18. The zero-order chi connectivity index (χ0) is 22.3. The van der Waals surface area contributed by atoms with Gasteiger partial charge in [-0.2, -0.15) is 0 Å². The number of carbonyl (C=O) groups is 1. The SMILES string of the molecule is CS(=O)(=O)c1ccc2nc(N3CCN(C(=O)Cc4cccc5ccccc45)CC3)sc2c1. The topological polar surface area (TPSA) is 70.6 Å². The van der Waals surface area contributed by atoms with Crippen LogP contribution in [0.25, 0.3) is 21.0 Å². The highest BCUT2D eigenvalue weighted by Gasteiger charge is 2.24. The second-order valence-electron chi connectivity index (χ2n) is 8.08. The van der Waals surface area contributed by atoms with Crippen LogP contribution < -0.4 is 4.90 Å². The molecule has 0 radical (unpaired) electrons. The van der Waals surface area contributed by atoms with Gasteiger partial charge in [-0.25, -0.2) is 13.4 Å². The molecule has 1 saturated heterocycles. The Hall–Kier alpha value is -2.97. The predicted molar refractivity (Wildman–Crippen MR) is 129 cm³/mol. The molecule has 4 aromatic rings. The predicted octanol–water partition coefficient (Wildman–Crippen LogP) is 3.74. The second-order valence-corrected chi connectivity index (χ2v) is 11.1. The van der Waals surface area contributed by atoms with E-state index in [9.17, 15) is 13.2 Å². The maximum Gasteiger partial charge on any atom is 0.227 e. The number of thiazole rings is 1. The lowest BCUT2D eigenvalue weighted by molar-refractivity contribution is -0.130. The van der Waals surface area contributed by atoms with Gasteiger partial charge in [0, 0.05) is 32.4 Å². The molecule has 1 aliphatic rings. The number of amides is 1. The summed E-state index contributed by atoms with van der Waals surface area (Å²) in [5.74, 6) is 0.142. The molecule has 2 heterocycles. The molecule has 1 fully saturated rings. The average Bonchev–Trinajstić information content (AvgIpc) is 3.22. The Bertz CT molecular complexity index is 1420. The number of piperazine rings is 1. The maximum atomic E-state index is 13.0. The van der Waals surface area contributed by atoms with E-state index in [0.717, 1.165) is 31.7 Å². The van der Waals surface area contributed by atoms with Crippen molar-refractivity contribution in [2.45, 2.75) is 11.3 Å². The minimum atomic E-state index is -3.25. The van der Waals surface area contributed by atoms with E-state index in [1.165, 1.54) is 17.6 Å². The van der Waals surface area contributed by atoms with E-state index in [0.29, 0.717) is 37.5 Å². The summed E-state index contributed by atoms with van der Waals surface area (Å²) in [6.07, 6.45) is 1.61. The Balaban J connectivity index is 1.27. The molecule has 1 aliphatic heterocycles. The number of hydrogen-bond donors (Lipinski definition) is 0. The summed E-state index contributed by atoms with van der Waals surface area (Å²) in [5, 5.41) is 3.15. The molecular weight excluding hydrogens is 442 g/mol. The number of hydrogen-bond acceptors (Lipinski definition) is 6. The first-order valence-corrected chi connectivity index (χ1v) is 13.2. The molecule has 1 amide bonds. The first kappa shape index (κ1) is 20.9. The molecule has 0 atom stereocenters. The van der Waals surface area contributed by atoms with Crippen molar-refractivity contribution in [1.82, 2.24) is 9.88 Å². The van der Waals surface area contributed by atoms with Crippen LogP contribution in [0.1, 0.15) is 5.56 Å². The monoisotopic (exact) mass is 465 g/mol. The van der Waals surface area contributed by atoms with Gasteiger partial charge in [0.15, 0.2) is 15.0 Å². The van der Waals surface area contributed by atoms with E-state index in [1.807, 2.05) is 29.2 Å². The van der Waals surface area contributed by atoms with Gasteiger partial charge in [0.1, 0.15) is 0 Å². The van der Waals surface area contributed by atoms with Crippen LogP contribution in [0.3, 0.4) is 0 Å². The Morgan fingerprint density at radius 1 is 1.00 bits per heavy atom. The summed E-state index contributed by atoms with van der Waals surface area (Å²) >= 11 is 1.49. The molecule has 5 rings (SSSR count). The number of sulfone groups is 1. The summed E-state index contributed by atoms with van der Waals surface area (Å²) in [4.78, 5) is 22.0. The molecule has 3 aromatic carbocycles. The van der Waals surface area contributed by atoms with Crippen molar-refractivity contribution in [2.75, 3.05) is 37.3 Å². The molecule has 0 unspecified atom stereocenters. The zero-order valence-corrected chi connectivity index (χ0v) is 19.3. The Morgan fingerprint density at radius 3 is 2.53 bits per heavy atom. The van der Waals surface area contributed by atoms with Gasteiger partial charge in [0.25, 0.3) is 0 Å². The van der Waals surface area contributed by atoms with Gasteiger partial charge in [-0.1, -0.05) is 53.8 Å². The van der Waals surface area contributed by atoms with E-state index >= 15 is 0 Å². The third kappa shape index (κ3) is 4.08. The van der Waals surface area contributed by atoms with Crippen LogP contribution in [0.4, 0.5) is 5.13 Å². The molecule has 0 N–H and O–H groups in total. The fourth-order valence-electron chi connectivity index (χ4n) is 4.13. The number of benzene rings is 3. The van der Waals surface area contributed by atoms with E-state index in [-0.39, 0.29) is 5.91 Å². The van der Waals surface area contributed by atoms with Gasteiger partial charge in [0.05, 0.1) is 21.5 Å². The van der Waals surface area contributed by atoms with E-state index in [2.05, 4.69) is 28.1 Å². The van der Waals surface area contributed by atoms with Crippen molar-refractivity contribution < 1.29 is 13.2 Å². The van der Waals surface area contributed by atoms with E-state index < -0.39 is 9.84 Å².